The fourth-order valence-corrected chi connectivity index (χ4v) is 12.2. The molecule has 15 atom stereocenters. The van der Waals surface area contributed by atoms with Crippen molar-refractivity contribution in [3.05, 3.63) is 11.6 Å². The number of rotatable bonds is 5. The van der Waals surface area contributed by atoms with Crippen LogP contribution in [0.4, 0.5) is 0 Å². The largest absolute Gasteiger partial charge is 0.481 e. The predicted octanol–water partition coefficient (Wildman–Crippen LogP) is 3.09. The van der Waals surface area contributed by atoms with Crippen LogP contribution in [-0.2, 0) is 19.1 Å². The number of carboxylic acid groups (broad SMARTS) is 2. The van der Waals surface area contributed by atoms with Gasteiger partial charge in [-0.05, 0) is 104 Å². The van der Waals surface area contributed by atoms with Crippen LogP contribution in [0.3, 0.4) is 0 Å². The first-order valence-corrected chi connectivity index (χ1v) is 17.5. The average Bonchev–Trinajstić information content (AvgIpc) is 2.98. The van der Waals surface area contributed by atoms with E-state index in [-0.39, 0.29) is 34.5 Å². The molecule has 7 N–H and O–H groups in total. The van der Waals surface area contributed by atoms with Crippen molar-refractivity contribution in [3.63, 3.8) is 0 Å². The molecule has 6 rings (SSSR count). The van der Waals surface area contributed by atoms with E-state index < -0.39 is 83.6 Å². The number of carbonyl (C=O) groups is 2. The van der Waals surface area contributed by atoms with Crippen molar-refractivity contribution in [1.29, 1.82) is 0 Å². The van der Waals surface area contributed by atoms with Gasteiger partial charge in [0.2, 0.25) is 0 Å². The third-order valence-corrected chi connectivity index (χ3v) is 15.2. The summed E-state index contributed by atoms with van der Waals surface area (Å²) in [6.07, 6.45) is -2.13. The van der Waals surface area contributed by atoms with Gasteiger partial charge in [-0.1, -0.05) is 46.3 Å². The summed E-state index contributed by atoms with van der Waals surface area (Å²) in [5.41, 5.74) is -2.22. The molecule has 6 aliphatic rings. The quantitative estimate of drug-likeness (QED) is 0.169. The van der Waals surface area contributed by atoms with Crippen LogP contribution in [0.15, 0.2) is 11.6 Å². The lowest BCUT2D eigenvalue weighted by Crippen LogP contribution is -2.70. The Kier molecular flexibility index (Phi) is 8.40. The third kappa shape index (κ3) is 4.69. The van der Waals surface area contributed by atoms with Gasteiger partial charge in [-0.3, -0.25) is 9.59 Å². The molecule has 0 bridgehead atoms. The molecule has 11 heteroatoms. The lowest BCUT2D eigenvalue weighted by atomic mass is 9.33. The molecule has 0 amide bonds. The van der Waals surface area contributed by atoms with Crippen LogP contribution in [-0.4, -0.2) is 97.2 Å². The van der Waals surface area contributed by atoms with Crippen LogP contribution in [0.1, 0.15) is 99.3 Å². The van der Waals surface area contributed by atoms with E-state index in [1.807, 2.05) is 0 Å². The number of carboxylic acids is 2. The summed E-state index contributed by atoms with van der Waals surface area (Å²) < 4.78 is 11.7. The minimum atomic E-state index is -1.73. The maximum atomic E-state index is 13.3. The van der Waals surface area contributed by atoms with Gasteiger partial charge in [0.1, 0.15) is 30.5 Å². The van der Waals surface area contributed by atoms with Crippen LogP contribution in [0.25, 0.3) is 0 Å². The normalized spacial score (nSPS) is 53.8. The highest BCUT2D eigenvalue weighted by Crippen LogP contribution is 2.76. The van der Waals surface area contributed by atoms with Crippen LogP contribution >= 0.6 is 0 Å². The number of fused-ring (bicyclic) bond motifs is 7. The van der Waals surface area contributed by atoms with Gasteiger partial charge in [0.25, 0.3) is 0 Å². The molecular formula is C36H56O11. The lowest BCUT2D eigenvalue weighted by Gasteiger charge is -2.71. The fourth-order valence-electron chi connectivity index (χ4n) is 12.2. The van der Waals surface area contributed by atoms with Crippen molar-refractivity contribution in [2.45, 2.75) is 142 Å². The Morgan fingerprint density at radius 3 is 2.13 bits per heavy atom. The Labute approximate surface area is 277 Å². The highest BCUT2D eigenvalue weighted by Gasteiger charge is 2.72. The third-order valence-electron chi connectivity index (χ3n) is 15.2. The van der Waals surface area contributed by atoms with Crippen molar-refractivity contribution in [2.24, 2.45) is 50.2 Å². The van der Waals surface area contributed by atoms with Gasteiger partial charge in [-0.25, -0.2) is 0 Å². The maximum Gasteiger partial charge on any atom is 0.312 e. The Morgan fingerprint density at radius 2 is 1.51 bits per heavy atom. The van der Waals surface area contributed by atoms with Gasteiger partial charge in [-0.15, -0.1) is 0 Å². The first-order valence-electron chi connectivity index (χ1n) is 17.5. The monoisotopic (exact) mass is 664 g/mol. The summed E-state index contributed by atoms with van der Waals surface area (Å²) in [7, 11) is 0. The number of allylic oxidation sites excluding steroid dienone is 2. The van der Waals surface area contributed by atoms with Crippen LogP contribution < -0.4 is 0 Å². The summed E-state index contributed by atoms with van der Waals surface area (Å²) in [6, 6.07) is 0. The minimum absolute atomic E-state index is 0.0120. The molecule has 4 saturated carbocycles. The van der Waals surface area contributed by atoms with Crippen molar-refractivity contribution < 1.29 is 54.8 Å². The molecule has 0 aromatic carbocycles. The molecule has 5 aliphatic carbocycles. The van der Waals surface area contributed by atoms with E-state index in [4.69, 9.17) is 9.47 Å². The Morgan fingerprint density at radius 1 is 0.851 bits per heavy atom. The molecule has 1 heterocycles. The molecule has 0 aromatic rings. The molecule has 0 radical (unpaired) electrons. The highest BCUT2D eigenvalue weighted by molar-refractivity contribution is 5.77. The smallest absolute Gasteiger partial charge is 0.312 e. The van der Waals surface area contributed by atoms with E-state index >= 15 is 0 Å². The molecule has 0 aromatic heterocycles. The van der Waals surface area contributed by atoms with Crippen molar-refractivity contribution in [1.82, 2.24) is 0 Å². The van der Waals surface area contributed by atoms with Gasteiger partial charge in [0, 0.05) is 0 Å². The number of hydrogen-bond donors (Lipinski definition) is 7. The van der Waals surface area contributed by atoms with E-state index in [2.05, 4.69) is 40.7 Å². The Hall–Kier alpha value is -1.60. The molecular weight excluding hydrogens is 608 g/mol. The van der Waals surface area contributed by atoms with Crippen LogP contribution in [0, 0.1) is 50.2 Å². The molecule has 0 unspecified atom stereocenters. The van der Waals surface area contributed by atoms with Crippen molar-refractivity contribution in [2.75, 3.05) is 6.61 Å². The van der Waals surface area contributed by atoms with Gasteiger partial charge in [0.05, 0.1) is 23.5 Å². The number of aliphatic hydroxyl groups is 5. The number of ether oxygens (including phenoxy) is 2. The van der Waals surface area contributed by atoms with Gasteiger partial charge in [0.15, 0.2) is 6.29 Å². The summed E-state index contributed by atoms with van der Waals surface area (Å²) >= 11 is 0. The van der Waals surface area contributed by atoms with Crippen LogP contribution in [0.5, 0.6) is 0 Å². The summed E-state index contributed by atoms with van der Waals surface area (Å²) in [4.78, 5) is 26.3. The summed E-state index contributed by atoms with van der Waals surface area (Å²) in [5.74, 6) is -2.29. The molecule has 5 fully saturated rings. The van der Waals surface area contributed by atoms with E-state index in [9.17, 15) is 45.3 Å². The van der Waals surface area contributed by atoms with Gasteiger partial charge in [-0.2, -0.15) is 0 Å². The lowest BCUT2D eigenvalue weighted by molar-refractivity contribution is -0.340. The molecule has 266 valence electrons. The second-order valence-corrected chi connectivity index (χ2v) is 17.8. The topological polar surface area (TPSA) is 194 Å². The van der Waals surface area contributed by atoms with E-state index in [1.54, 1.807) is 6.92 Å². The van der Waals surface area contributed by atoms with Gasteiger partial charge >= 0.3 is 11.9 Å². The summed E-state index contributed by atoms with van der Waals surface area (Å²) in [5, 5.41) is 74.4. The molecule has 1 saturated heterocycles. The zero-order valence-corrected chi connectivity index (χ0v) is 28.7. The zero-order valence-electron chi connectivity index (χ0n) is 28.7. The van der Waals surface area contributed by atoms with E-state index in [0.29, 0.717) is 25.7 Å². The highest BCUT2D eigenvalue weighted by atomic mass is 16.7. The Balaban J connectivity index is 1.36. The molecule has 11 nitrogen and oxygen atoms in total. The second-order valence-electron chi connectivity index (χ2n) is 17.8. The SMILES string of the molecule is CC1(C)CC[C@]2(C(=O)O)CC[C@]3(C)C(=CC[C@@H]4[C@@]5(C)C[C@H](O)[C@H](O[C@@H]6O[C@H](CO)[C@@H](O)[C@H](O)[C@H]6O)[C@@](C)(C(=O)O)[C@@H]5CC[C@]43C)[C@@H]2C1. The molecule has 47 heavy (non-hydrogen) atoms. The second kappa shape index (κ2) is 11.2. The number of aliphatic hydroxyl groups excluding tert-OH is 5. The minimum Gasteiger partial charge on any atom is -0.481 e. The van der Waals surface area contributed by atoms with Crippen molar-refractivity contribution in [3.8, 4) is 0 Å². The zero-order chi connectivity index (χ0) is 34.7. The Bertz CT molecular complexity index is 1310. The van der Waals surface area contributed by atoms with Gasteiger partial charge < -0.3 is 45.2 Å². The fraction of sp³-hybridized carbons (Fsp3) is 0.889. The summed E-state index contributed by atoms with van der Waals surface area (Å²) in [6.45, 7) is 12.1. The van der Waals surface area contributed by atoms with E-state index in [0.717, 1.165) is 25.7 Å². The van der Waals surface area contributed by atoms with Crippen molar-refractivity contribution >= 4 is 11.9 Å². The van der Waals surface area contributed by atoms with E-state index in [1.165, 1.54) is 5.57 Å². The van der Waals surface area contributed by atoms with Crippen LogP contribution in [0.2, 0.25) is 0 Å². The number of hydrogen-bond acceptors (Lipinski definition) is 9. The maximum absolute atomic E-state index is 13.3. The number of aliphatic carboxylic acids is 2. The molecule has 1 aliphatic heterocycles. The standard InChI is InChI=1S/C36H56O11/c1-31(2)11-13-36(30(44)45)14-12-33(4)18(19(36)15-31)7-8-22-32(3)16-20(38)27(35(6,29(42)43)23(32)9-10-34(22,33)5)47-28-26(41)25(40)24(39)21(17-37)46-28/h7,19-28,37-41H,8-17H2,1-6H3,(H,42,43)(H,44,45)/t19-,20-,21+,22+,23+,24+,25-,26+,27-,28-,32+,33+,34+,35-,36-/m0/s1. The first kappa shape index (κ1) is 35.2. The average molecular weight is 665 g/mol. The predicted molar refractivity (Wildman–Crippen MR) is 169 cm³/mol. The first-order chi connectivity index (χ1) is 21.7. The molecule has 0 spiro atoms.